The molecule has 0 amide bonds. The summed E-state index contributed by atoms with van der Waals surface area (Å²) in [6.07, 6.45) is 3.10. The van der Waals surface area contributed by atoms with Crippen molar-refractivity contribution in [1.82, 2.24) is 9.84 Å². The molecule has 19 heavy (non-hydrogen) atoms. The molecule has 0 aliphatic carbocycles. The Labute approximate surface area is 118 Å². The minimum absolute atomic E-state index is 0.185. The Morgan fingerprint density at radius 1 is 1.42 bits per heavy atom. The van der Waals surface area contributed by atoms with E-state index in [9.17, 15) is 13.5 Å². The van der Waals surface area contributed by atoms with E-state index in [2.05, 4.69) is 4.83 Å². The molecule has 0 spiro atoms. The van der Waals surface area contributed by atoms with E-state index in [1.165, 1.54) is 17.4 Å². The summed E-state index contributed by atoms with van der Waals surface area (Å²) < 4.78 is 24.8. The first-order valence-corrected chi connectivity index (χ1v) is 8.80. The fourth-order valence-electron chi connectivity index (χ4n) is 2.47. The summed E-state index contributed by atoms with van der Waals surface area (Å²) in [5, 5.41) is 12.7. The van der Waals surface area contributed by atoms with Gasteiger partial charge in [0, 0.05) is 12.1 Å². The summed E-state index contributed by atoms with van der Waals surface area (Å²) in [4.78, 5) is 3.33. The van der Waals surface area contributed by atoms with E-state index in [1.807, 2.05) is 18.9 Å². The number of rotatable bonds is 4. The molecule has 2 atom stereocenters. The highest BCUT2D eigenvalue weighted by Gasteiger charge is 2.30. The number of thiophene rings is 1. The Morgan fingerprint density at radius 3 is 2.63 bits per heavy atom. The van der Waals surface area contributed by atoms with E-state index in [0.717, 1.165) is 19.3 Å². The lowest BCUT2D eigenvalue weighted by atomic mass is 10.0. The molecular weight excluding hydrogens is 284 g/mol. The molecule has 1 aromatic heterocycles. The van der Waals surface area contributed by atoms with Crippen molar-refractivity contribution < 1.29 is 13.5 Å². The topological polar surface area (TPSA) is 69.6 Å². The number of hydrazine groups is 1. The lowest BCUT2D eigenvalue weighted by molar-refractivity contribution is 0.0790. The summed E-state index contributed by atoms with van der Waals surface area (Å²) >= 11 is 1.25. The molecule has 108 valence electrons. The fourth-order valence-corrected chi connectivity index (χ4v) is 5.01. The van der Waals surface area contributed by atoms with Crippen molar-refractivity contribution in [1.29, 1.82) is 0 Å². The minimum Gasteiger partial charge on any atom is -0.391 e. The predicted octanol–water partition coefficient (Wildman–Crippen LogP) is 1.70. The van der Waals surface area contributed by atoms with Crippen LogP contribution in [0.25, 0.3) is 0 Å². The summed E-state index contributed by atoms with van der Waals surface area (Å²) in [6, 6.07) is 1.92. The van der Waals surface area contributed by atoms with E-state index < -0.39 is 10.0 Å². The molecule has 2 rings (SSSR count). The highest BCUT2D eigenvalue weighted by atomic mass is 32.2. The van der Waals surface area contributed by atoms with Crippen molar-refractivity contribution in [2.24, 2.45) is 0 Å². The molecule has 7 heteroatoms. The highest BCUT2D eigenvalue weighted by molar-refractivity contribution is 7.89. The van der Waals surface area contributed by atoms with Gasteiger partial charge in [0.15, 0.2) is 0 Å². The van der Waals surface area contributed by atoms with Crippen LogP contribution in [0.1, 0.15) is 38.0 Å². The summed E-state index contributed by atoms with van der Waals surface area (Å²) in [7, 11) is -3.60. The fraction of sp³-hybridized carbons (Fsp3) is 0.667. The smallest absolute Gasteiger partial charge is 0.254 e. The maximum atomic E-state index is 12.4. The van der Waals surface area contributed by atoms with Crippen LogP contribution in [0.4, 0.5) is 0 Å². The van der Waals surface area contributed by atoms with Gasteiger partial charge in [0.05, 0.1) is 16.4 Å². The predicted molar refractivity (Wildman–Crippen MR) is 75.2 cm³/mol. The van der Waals surface area contributed by atoms with Crippen LogP contribution in [0.3, 0.4) is 0 Å². The van der Waals surface area contributed by atoms with E-state index in [4.69, 9.17) is 0 Å². The molecule has 1 aromatic rings. The second-order valence-corrected chi connectivity index (χ2v) is 7.63. The van der Waals surface area contributed by atoms with Gasteiger partial charge in [0.25, 0.3) is 10.0 Å². The van der Waals surface area contributed by atoms with Crippen molar-refractivity contribution in [2.45, 2.75) is 56.7 Å². The molecule has 1 aliphatic rings. The molecule has 2 heterocycles. The third-order valence-corrected chi connectivity index (χ3v) is 6.00. The van der Waals surface area contributed by atoms with Crippen molar-refractivity contribution in [2.75, 3.05) is 0 Å². The zero-order valence-electron chi connectivity index (χ0n) is 11.2. The quantitative estimate of drug-likeness (QED) is 0.888. The number of nitrogens with zero attached hydrogens (tertiary/aromatic N) is 1. The lowest BCUT2D eigenvalue weighted by Gasteiger charge is -2.38. The number of hydrogen-bond donors (Lipinski definition) is 2. The number of nitrogens with one attached hydrogen (secondary N) is 1. The van der Waals surface area contributed by atoms with Crippen LogP contribution in [0, 0.1) is 0 Å². The molecule has 5 nitrogen and oxygen atoms in total. The minimum atomic E-state index is -3.60. The third-order valence-electron chi connectivity index (χ3n) is 3.56. The van der Waals surface area contributed by atoms with E-state index in [1.54, 1.807) is 5.38 Å². The van der Waals surface area contributed by atoms with Gasteiger partial charge in [-0.1, -0.05) is 6.42 Å². The Morgan fingerprint density at radius 2 is 2.05 bits per heavy atom. The van der Waals surface area contributed by atoms with Gasteiger partial charge < -0.3 is 5.11 Å². The molecular formula is C12H20N2O3S2. The molecule has 0 aromatic carbocycles. The van der Waals surface area contributed by atoms with Crippen molar-refractivity contribution >= 4 is 21.4 Å². The van der Waals surface area contributed by atoms with Crippen LogP contribution in [-0.2, 0) is 16.6 Å². The van der Waals surface area contributed by atoms with E-state index in [-0.39, 0.29) is 23.6 Å². The highest BCUT2D eigenvalue weighted by Crippen LogP contribution is 2.25. The molecule has 1 aliphatic heterocycles. The van der Waals surface area contributed by atoms with Crippen molar-refractivity contribution in [3.05, 3.63) is 16.3 Å². The lowest BCUT2D eigenvalue weighted by Crippen LogP contribution is -2.53. The Bertz CT molecular complexity index is 517. The molecule has 0 radical (unpaired) electrons. The molecule has 0 saturated carbocycles. The third kappa shape index (κ3) is 3.17. The first-order chi connectivity index (χ1) is 8.95. The van der Waals surface area contributed by atoms with Crippen molar-refractivity contribution in [3.8, 4) is 0 Å². The van der Waals surface area contributed by atoms with Crippen LogP contribution in [0.2, 0.25) is 0 Å². The summed E-state index contributed by atoms with van der Waals surface area (Å²) in [5.74, 6) is 0. The number of hydrogen-bond acceptors (Lipinski definition) is 5. The van der Waals surface area contributed by atoms with Gasteiger partial charge >= 0.3 is 0 Å². The Hall–Kier alpha value is -0.470. The van der Waals surface area contributed by atoms with Crippen LogP contribution >= 0.6 is 11.3 Å². The second-order valence-electron chi connectivity index (χ2n) is 5.00. The number of aliphatic hydroxyl groups excluding tert-OH is 1. The maximum absolute atomic E-state index is 12.4. The van der Waals surface area contributed by atoms with Crippen LogP contribution in [-0.4, -0.2) is 30.6 Å². The largest absolute Gasteiger partial charge is 0.391 e. The monoisotopic (exact) mass is 304 g/mol. The van der Waals surface area contributed by atoms with Gasteiger partial charge in [-0.3, -0.25) is 0 Å². The van der Waals surface area contributed by atoms with Crippen LogP contribution in [0.15, 0.2) is 16.3 Å². The first-order valence-electron chi connectivity index (χ1n) is 6.43. The standard InChI is InChI=1S/C12H20N2O3S2/c1-9-4-3-5-10(2)14(9)13-19(16,17)12-6-7-18-11(12)8-15/h6-7,9-10,13,15H,3-5,8H2,1-2H3. The Balaban J connectivity index is 2.21. The van der Waals surface area contributed by atoms with E-state index >= 15 is 0 Å². The van der Waals surface area contributed by atoms with Crippen LogP contribution < -0.4 is 4.83 Å². The molecule has 2 N–H and O–H groups in total. The zero-order valence-corrected chi connectivity index (χ0v) is 12.8. The number of piperidine rings is 1. The SMILES string of the molecule is CC1CCCC(C)N1NS(=O)(=O)c1ccsc1CO. The first kappa shape index (κ1) is 14.9. The second kappa shape index (κ2) is 5.88. The molecule has 0 bridgehead atoms. The van der Waals surface area contributed by atoms with Crippen LogP contribution in [0.5, 0.6) is 0 Å². The molecule has 2 unspecified atom stereocenters. The summed E-state index contributed by atoms with van der Waals surface area (Å²) in [6.45, 7) is 3.80. The van der Waals surface area contributed by atoms with E-state index in [0.29, 0.717) is 4.88 Å². The number of aliphatic hydroxyl groups is 1. The zero-order chi connectivity index (χ0) is 14.0. The maximum Gasteiger partial charge on any atom is 0.254 e. The van der Waals surface area contributed by atoms with Gasteiger partial charge in [-0.2, -0.15) is 0 Å². The normalized spacial score (nSPS) is 25.6. The van der Waals surface area contributed by atoms with Gasteiger partial charge in [0.2, 0.25) is 0 Å². The average molecular weight is 304 g/mol. The summed E-state index contributed by atoms with van der Waals surface area (Å²) in [5.41, 5.74) is 0. The average Bonchev–Trinajstić information content (AvgIpc) is 2.83. The van der Waals surface area contributed by atoms with Gasteiger partial charge in [0.1, 0.15) is 0 Å². The van der Waals surface area contributed by atoms with Gasteiger partial charge in [-0.25, -0.2) is 13.4 Å². The van der Waals surface area contributed by atoms with Gasteiger partial charge in [-0.15, -0.1) is 16.2 Å². The number of sulfonamides is 1. The van der Waals surface area contributed by atoms with Gasteiger partial charge in [-0.05, 0) is 38.1 Å². The molecule has 1 saturated heterocycles. The molecule has 1 fully saturated rings. The van der Waals surface area contributed by atoms with Crippen molar-refractivity contribution in [3.63, 3.8) is 0 Å². The Kier molecular flexibility index (Phi) is 4.62.